The van der Waals surface area contributed by atoms with Crippen molar-refractivity contribution in [1.82, 2.24) is 0 Å². The lowest BCUT2D eigenvalue weighted by Gasteiger charge is -3.25. The second kappa shape index (κ2) is 42.0. The number of esters is 16. The van der Waals surface area contributed by atoms with Crippen LogP contribution in [0.3, 0.4) is 0 Å². The van der Waals surface area contributed by atoms with E-state index >= 15 is 76.7 Å². The zero-order chi connectivity index (χ0) is 98.1. The van der Waals surface area contributed by atoms with Crippen LogP contribution in [0.5, 0.6) is 0 Å². The first-order chi connectivity index (χ1) is 59.4. The third kappa shape index (κ3) is 17.3. The van der Waals surface area contributed by atoms with Crippen molar-refractivity contribution >= 4 is 162 Å². The van der Waals surface area contributed by atoms with Gasteiger partial charge >= 0.3 is 95.5 Å². The van der Waals surface area contributed by atoms with Crippen molar-refractivity contribution < 1.29 is 188 Å². The Kier molecular flexibility index (Phi) is 36.6. The Morgan fingerprint density at radius 3 is 0.242 bits per heavy atom. The minimum absolute atomic E-state index is 0.472. The van der Waals surface area contributed by atoms with Crippen LogP contribution in [0.2, 0.25) is 149 Å². The van der Waals surface area contributed by atoms with Crippen molar-refractivity contribution in [2.75, 3.05) is 106 Å². The summed E-state index contributed by atoms with van der Waals surface area (Å²) in [7, 11) is -42.9. The van der Waals surface area contributed by atoms with Gasteiger partial charge in [0, 0.05) is 0 Å². The number of ether oxygens (including phenoxy) is 16. The average Bonchev–Trinajstić information content (AvgIpc) is 0.487. The molecule has 0 unspecified atom stereocenters. The van der Waals surface area contributed by atoms with Crippen molar-refractivity contribution in [3.63, 3.8) is 0 Å². The molecule has 0 atom stereocenters. The second-order valence-corrected chi connectivity index (χ2v) is 66.5. The van der Waals surface area contributed by atoms with E-state index in [-0.39, 0.29) is 0 Å². The van der Waals surface area contributed by atoms with Crippen LogP contribution in [-0.2, 0) is 188 Å². The maximum absolute atomic E-state index is 15.8. The maximum atomic E-state index is 15.8. The van der Waals surface area contributed by atoms with E-state index in [1.807, 2.05) is 0 Å². The fourth-order valence-electron chi connectivity index (χ4n) is 19.8. The van der Waals surface area contributed by atoms with Crippen LogP contribution in [0.25, 0.3) is 0 Å². The lowest BCUT2D eigenvalue weighted by Crippen LogP contribution is -3.53. The normalized spacial score (nSPS) is 23.2. The fourth-order valence-corrected chi connectivity index (χ4v) is 41.0. The smallest absolute Gasteiger partial charge is 0.319 e. The lowest BCUT2D eigenvalue weighted by atomic mass is 8.87. The molecule has 6 aliphatic carbocycles. The molecule has 6 saturated carbocycles. The van der Waals surface area contributed by atoms with Crippen LogP contribution in [0, 0.1) is 0 Å². The minimum atomic E-state index is -5.37. The molecule has 0 heterocycles. The van der Waals surface area contributed by atoms with Gasteiger partial charge in [0.2, 0.25) is 66.5 Å². The molecule has 6 fully saturated rings. The van der Waals surface area contributed by atoms with Gasteiger partial charge in [-0.25, -0.2) is 0 Å². The highest BCUT2D eigenvalue weighted by Gasteiger charge is 3.47. The van der Waals surface area contributed by atoms with Crippen LogP contribution in [0.15, 0.2) is 0 Å². The highest BCUT2D eigenvalue weighted by atomic mass is 28.4. The van der Waals surface area contributed by atoms with Crippen molar-refractivity contribution in [1.29, 1.82) is 0 Å². The Morgan fingerprint density at radius 1 is 0.141 bits per heavy atom. The maximum Gasteiger partial charge on any atom is 0.319 e. The van der Waals surface area contributed by atoms with Crippen LogP contribution in [0.1, 0.15) is 111 Å². The zero-order valence-corrected chi connectivity index (χ0v) is 88.3. The molecule has 728 valence electrons. The van der Waals surface area contributed by atoms with E-state index in [0.29, 0.717) is 0 Å². The first kappa shape index (κ1) is 111. The number of carbonyl (C=O) groups excluding carboxylic acids is 16. The molecule has 0 N–H and O–H groups in total. The van der Waals surface area contributed by atoms with Gasteiger partial charge in [0.1, 0.15) is 0 Å². The predicted octanol–water partition coefficient (Wildman–Crippen LogP) is 7.71. The Hall–Kier alpha value is -7.06. The minimum Gasteiger partial charge on any atom is -0.465 e. The summed E-state index contributed by atoms with van der Waals surface area (Å²) in [5.74, 6) is -21.8. The van der Waals surface area contributed by atoms with E-state index in [1.54, 1.807) is 0 Å². The summed E-state index contributed by atoms with van der Waals surface area (Å²) in [5, 5.41) is 0. The Bertz CT molecular complexity index is 3170. The van der Waals surface area contributed by atoms with Crippen molar-refractivity contribution in [2.45, 2.75) is 305 Å². The van der Waals surface area contributed by atoms with E-state index in [1.165, 1.54) is 216 Å². The predicted molar refractivity (Wildman–Crippen MR) is 467 cm³/mol. The molecule has 6 rings (SSSR count). The first-order valence-electron chi connectivity index (χ1n) is 43.7. The Labute approximate surface area is 756 Å². The molecule has 0 amide bonds. The summed E-state index contributed by atoms with van der Waals surface area (Å²) in [6.07, 6.45) is 0. The number of hydrogen-bond acceptors (Lipinski definition) is 40. The molecule has 0 saturated heterocycles. The van der Waals surface area contributed by atoms with Gasteiger partial charge < -0.3 is 111 Å². The third-order valence-electron chi connectivity index (χ3n) is 23.2. The number of carbonyl (C=O) groups is 16. The summed E-state index contributed by atoms with van der Waals surface area (Å²) in [6, 6.07) is 0. The van der Waals surface area contributed by atoms with E-state index in [9.17, 15) is 0 Å². The monoisotopic (exact) mass is 1960 g/mol. The molecule has 0 aliphatic heterocycles. The summed E-state index contributed by atoms with van der Waals surface area (Å²) in [5.41, 5.74) is -46.8. The average molecular weight is 1960 g/mol. The van der Waals surface area contributed by atoms with Gasteiger partial charge in [0.15, 0.2) is 89.1 Å². The molecule has 128 heavy (non-hydrogen) atoms. The summed E-state index contributed by atoms with van der Waals surface area (Å²) in [4.78, 5) is 252. The zero-order valence-electron chi connectivity index (χ0n) is 80.3. The molecule has 40 nitrogen and oxygen atoms in total. The molecule has 48 heteroatoms. The van der Waals surface area contributed by atoms with E-state index < -0.39 is 357 Å². The molecule has 0 aromatic heterocycles. The van der Waals surface area contributed by atoms with E-state index in [2.05, 4.69) is 0 Å². The van der Waals surface area contributed by atoms with Crippen molar-refractivity contribution in [3.05, 3.63) is 0 Å². The molecule has 6 aliphatic rings. The van der Waals surface area contributed by atoms with Gasteiger partial charge in [0.25, 0.3) is 0 Å². The van der Waals surface area contributed by atoms with Gasteiger partial charge in [-0.2, -0.15) is 0 Å². The number of hydrogen-bond donors (Lipinski definition) is 0. The Balaban J connectivity index is 2.79. The molecule has 0 aromatic carbocycles. The van der Waals surface area contributed by atoms with Crippen molar-refractivity contribution in [3.8, 4) is 0 Å². The van der Waals surface area contributed by atoms with Crippen LogP contribution < -0.4 is 0 Å². The SMILES string of the molecule is CCOC(=O)C(C(=O)OCC)[Si](C)(C)OC12C3(O[Si](C)(C)C(C(=O)OCC)C(=O)OCC)C4(O[Si](C)(C)C(C(=O)OCC)C(=O)OCC)C1(O[Si](C)(C)C(C(=O)OCC)C(=O)OCC)C1(O[Si](C)(C)C(C(=O)OCC)C(=O)OCC)C2(O[Si](C)(C)C(C(=O)OCC)C(=O)OCC)C3(O[Si](C)(C)C(C(=O)OCC)C(=O)OCC)C41O[Si](C)(C)C(C(=O)OCC)C(=O)OCC. The standard InChI is InChI=1S/C80H136O40Si8/c1-33-97-57(81)49(58(82)98-34-2)121(17,18)113-73-74(114-122(19,20)50(59(83)99-35-3)60(84)100-36-4)77(117-125(25,26)53(65(89)105-41-9)66(90)106-42-10)75(73,115-123(21,22)51(61(85)101-37-5)62(86)102-38-6)79(119-127(29,30)55(69(93)109-45-13)70(94)110-46-14)76(73,116-124(23,24)52(63(87)103-39-7)64(88)104-40-8)78(74,118-126(27,28)54(67(91)107-43-11)68(92)108-44-12)80(77,79)120-128(31,32)56(71(95)111-47-15)72(96)112-48-16/h49-56H,33-48H2,1-32H3. The topological polar surface area (TPSA) is 495 Å². The second-order valence-electron chi connectivity index (χ2n) is 34.6. The fraction of sp³-hybridized carbons (Fsp3) is 0.800. The van der Waals surface area contributed by atoms with Gasteiger partial charge in [-0.1, -0.05) is 0 Å². The molecule has 0 bridgehead atoms. The van der Waals surface area contributed by atoms with Crippen LogP contribution in [-0.4, -0.2) is 313 Å². The molecular formula is C80H136O40Si8. The highest BCUT2D eigenvalue weighted by molar-refractivity contribution is 6.85. The molecule has 0 radical (unpaired) electrons. The molecule has 0 spiro atoms. The Morgan fingerprint density at radius 2 is 0.195 bits per heavy atom. The third-order valence-corrected chi connectivity index (χ3v) is 44.7. The van der Waals surface area contributed by atoms with Gasteiger partial charge in [-0.3, -0.25) is 76.7 Å². The summed E-state index contributed by atoms with van der Waals surface area (Å²) < 4.78 is 161. The van der Waals surface area contributed by atoms with E-state index in [0.717, 1.165) is 0 Å². The van der Waals surface area contributed by atoms with Gasteiger partial charge in [0.05, 0.1) is 106 Å². The largest absolute Gasteiger partial charge is 0.465 e. The van der Waals surface area contributed by atoms with Gasteiger partial charge in [-0.15, -0.1) is 0 Å². The van der Waals surface area contributed by atoms with Gasteiger partial charge in [-0.05, 0) is 216 Å². The van der Waals surface area contributed by atoms with Crippen LogP contribution >= 0.6 is 0 Å². The highest BCUT2D eigenvalue weighted by Crippen LogP contribution is 3.17. The van der Waals surface area contributed by atoms with Crippen LogP contribution in [0.4, 0.5) is 0 Å². The van der Waals surface area contributed by atoms with Crippen molar-refractivity contribution in [2.24, 2.45) is 0 Å². The summed E-state index contributed by atoms with van der Waals surface area (Å²) >= 11 is 0. The molecular weight excluding hydrogens is 1830 g/mol. The summed E-state index contributed by atoms with van der Waals surface area (Å²) in [6.45, 7) is 35.3. The van der Waals surface area contributed by atoms with E-state index in [4.69, 9.17) is 111 Å². The molecule has 0 aromatic rings. The number of rotatable bonds is 56. The lowest BCUT2D eigenvalue weighted by molar-refractivity contribution is -0.838. The quantitative estimate of drug-likeness (QED) is 0.0243. The first-order valence-corrected chi connectivity index (χ1v) is 67.5.